The van der Waals surface area contributed by atoms with E-state index in [-0.39, 0.29) is 11.9 Å². The van der Waals surface area contributed by atoms with Gasteiger partial charge in [-0.25, -0.2) is 0 Å². The van der Waals surface area contributed by atoms with Gasteiger partial charge in [0.1, 0.15) is 0 Å². The van der Waals surface area contributed by atoms with Gasteiger partial charge in [-0.1, -0.05) is 43.0 Å². The van der Waals surface area contributed by atoms with Crippen LogP contribution in [0.3, 0.4) is 0 Å². The molecule has 4 nitrogen and oxygen atoms in total. The third-order valence-corrected chi connectivity index (χ3v) is 5.69. The van der Waals surface area contributed by atoms with Crippen LogP contribution in [0.2, 0.25) is 5.02 Å². The van der Waals surface area contributed by atoms with Crippen LogP contribution in [0.15, 0.2) is 24.3 Å². The largest absolute Gasteiger partial charge is 0.352 e. The maximum absolute atomic E-state index is 12.5. The number of nitrogens with two attached hydrogens (primary N) is 1. The molecule has 1 aliphatic carbocycles. The first kappa shape index (κ1) is 17.7. The summed E-state index contributed by atoms with van der Waals surface area (Å²) in [7, 11) is 0. The molecule has 5 heteroatoms. The Kier molecular flexibility index (Phi) is 5.80. The van der Waals surface area contributed by atoms with E-state index in [1.54, 1.807) is 0 Å². The van der Waals surface area contributed by atoms with Gasteiger partial charge in [-0.2, -0.15) is 0 Å². The van der Waals surface area contributed by atoms with E-state index in [9.17, 15) is 4.79 Å². The molecule has 132 valence electrons. The molecule has 1 aromatic carbocycles. The third-order valence-electron chi connectivity index (χ3n) is 5.44. The van der Waals surface area contributed by atoms with E-state index >= 15 is 0 Å². The fourth-order valence-electron chi connectivity index (χ4n) is 3.82. The average molecular weight is 350 g/mol. The number of carbonyl (C=O) groups is 1. The smallest absolute Gasteiger partial charge is 0.240 e. The fourth-order valence-corrected chi connectivity index (χ4v) is 3.95. The number of likely N-dealkylation sites (tertiary alicyclic amines) is 1. The third kappa shape index (κ3) is 4.50. The Hall–Kier alpha value is -1.10. The summed E-state index contributed by atoms with van der Waals surface area (Å²) in [6, 6.07) is 8.31. The van der Waals surface area contributed by atoms with Crippen LogP contribution in [-0.4, -0.2) is 35.5 Å². The number of nitrogens with zero attached hydrogens (tertiary/aromatic N) is 1. The summed E-state index contributed by atoms with van der Waals surface area (Å²) in [5, 5.41) is 3.99. The summed E-state index contributed by atoms with van der Waals surface area (Å²) in [6.45, 7) is 2.95. The molecule has 1 aromatic rings. The van der Waals surface area contributed by atoms with Gasteiger partial charge in [0.25, 0.3) is 0 Å². The molecule has 0 atom stereocenters. The second kappa shape index (κ2) is 7.85. The predicted octanol–water partition coefficient (Wildman–Crippen LogP) is 3.08. The molecule has 0 aromatic heterocycles. The summed E-state index contributed by atoms with van der Waals surface area (Å²) in [5.41, 5.74) is 6.98. The number of hydrogen-bond acceptors (Lipinski definition) is 3. The molecule has 2 fully saturated rings. The maximum atomic E-state index is 12.5. The van der Waals surface area contributed by atoms with Gasteiger partial charge < -0.3 is 11.1 Å². The number of nitrogens with one attached hydrogen (secondary N) is 1. The molecule has 1 aliphatic heterocycles. The minimum absolute atomic E-state index is 0.0679. The monoisotopic (exact) mass is 349 g/mol. The molecule has 1 heterocycles. The Morgan fingerprint density at radius 1 is 1.17 bits per heavy atom. The lowest BCUT2D eigenvalue weighted by molar-refractivity contribution is -0.128. The number of benzene rings is 1. The first-order valence-corrected chi connectivity index (χ1v) is 9.50. The van der Waals surface area contributed by atoms with Crippen molar-refractivity contribution in [1.82, 2.24) is 10.2 Å². The first-order valence-electron chi connectivity index (χ1n) is 9.12. The Bertz CT molecular complexity index is 546. The molecule has 2 aliphatic rings. The summed E-state index contributed by atoms with van der Waals surface area (Å²) >= 11 is 5.93. The van der Waals surface area contributed by atoms with Gasteiger partial charge >= 0.3 is 0 Å². The topological polar surface area (TPSA) is 58.4 Å². The summed E-state index contributed by atoms with van der Waals surface area (Å²) in [5.74, 6) is 0.0679. The second-order valence-electron chi connectivity index (χ2n) is 7.37. The SMILES string of the molecule is NC1(C(=O)NC2CCN(Cc3ccc(Cl)cc3)CC2)CCCCC1. The molecule has 3 N–H and O–H groups in total. The Morgan fingerprint density at radius 2 is 1.79 bits per heavy atom. The van der Waals surface area contributed by atoms with Crippen molar-refractivity contribution in [3.63, 3.8) is 0 Å². The molecule has 3 rings (SSSR count). The van der Waals surface area contributed by atoms with Crippen LogP contribution >= 0.6 is 11.6 Å². The normalized spacial score (nSPS) is 22.2. The molecule has 0 radical (unpaired) electrons. The molecular formula is C19H28ClN3O. The quantitative estimate of drug-likeness (QED) is 0.878. The highest BCUT2D eigenvalue weighted by molar-refractivity contribution is 6.30. The number of carbonyl (C=O) groups excluding carboxylic acids is 1. The fraction of sp³-hybridized carbons (Fsp3) is 0.632. The van der Waals surface area contributed by atoms with Crippen molar-refractivity contribution in [3.05, 3.63) is 34.9 Å². The van der Waals surface area contributed by atoms with E-state index in [1.165, 1.54) is 12.0 Å². The highest BCUT2D eigenvalue weighted by Gasteiger charge is 2.36. The van der Waals surface area contributed by atoms with Crippen LogP contribution in [0, 0.1) is 0 Å². The zero-order valence-electron chi connectivity index (χ0n) is 14.3. The maximum Gasteiger partial charge on any atom is 0.240 e. The van der Waals surface area contributed by atoms with Crippen LogP contribution in [-0.2, 0) is 11.3 Å². The highest BCUT2D eigenvalue weighted by Crippen LogP contribution is 2.26. The lowest BCUT2D eigenvalue weighted by Crippen LogP contribution is -2.58. The number of piperidine rings is 1. The molecular weight excluding hydrogens is 322 g/mol. The van der Waals surface area contributed by atoms with Gasteiger partial charge in [0, 0.05) is 30.7 Å². The predicted molar refractivity (Wildman–Crippen MR) is 97.9 cm³/mol. The van der Waals surface area contributed by atoms with Crippen molar-refractivity contribution >= 4 is 17.5 Å². The Labute approximate surface area is 149 Å². The van der Waals surface area contributed by atoms with E-state index in [2.05, 4.69) is 22.3 Å². The highest BCUT2D eigenvalue weighted by atomic mass is 35.5. The minimum atomic E-state index is -0.626. The van der Waals surface area contributed by atoms with Gasteiger partial charge in [-0.3, -0.25) is 9.69 Å². The molecule has 0 bridgehead atoms. The van der Waals surface area contributed by atoms with Crippen molar-refractivity contribution in [2.45, 2.75) is 63.1 Å². The standard InChI is InChI=1S/C19H28ClN3O/c20-16-6-4-15(5-7-16)14-23-12-8-17(9-13-23)22-18(24)19(21)10-2-1-3-11-19/h4-7,17H,1-3,8-14,21H2,(H,22,24). The van der Waals surface area contributed by atoms with Crippen molar-refractivity contribution in [3.8, 4) is 0 Å². The van der Waals surface area contributed by atoms with Crippen LogP contribution in [0.5, 0.6) is 0 Å². The lowest BCUT2D eigenvalue weighted by Gasteiger charge is -2.36. The summed E-state index contributed by atoms with van der Waals surface area (Å²) in [4.78, 5) is 15.0. The zero-order valence-corrected chi connectivity index (χ0v) is 15.0. The van der Waals surface area contributed by atoms with Crippen LogP contribution in [0.1, 0.15) is 50.5 Å². The van der Waals surface area contributed by atoms with Gasteiger partial charge in [-0.05, 0) is 43.4 Å². The van der Waals surface area contributed by atoms with E-state index in [4.69, 9.17) is 17.3 Å². The van der Waals surface area contributed by atoms with E-state index in [0.29, 0.717) is 0 Å². The van der Waals surface area contributed by atoms with E-state index in [1.807, 2.05) is 12.1 Å². The molecule has 0 spiro atoms. The van der Waals surface area contributed by atoms with Crippen molar-refractivity contribution in [2.24, 2.45) is 5.73 Å². The van der Waals surface area contributed by atoms with Crippen molar-refractivity contribution < 1.29 is 4.79 Å². The van der Waals surface area contributed by atoms with Gasteiger partial charge in [0.05, 0.1) is 5.54 Å². The number of amides is 1. The zero-order chi connectivity index (χ0) is 17.0. The molecule has 24 heavy (non-hydrogen) atoms. The Balaban J connectivity index is 1.45. The first-order chi connectivity index (χ1) is 11.5. The Morgan fingerprint density at radius 3 is 2.42 bits per heavy atom. The minimum Gasteiger partial charge on any atom is -0.352 e. The number of rotatable bonds is 4. The molecule has 0 unspecified atom stereocenters. The van der Waals surface area contributed by atoms with Gasteiger partial charge in [0.2, 0.25) is 5.91 Å². The van der Waals surface area contributed by atoms with E-state index in [0.717, 1.165) is 63.2 Å². The van der Waals surface area contributed by atoms with Crippen LogP contribution in [0.4, 0.5) is 0 Å². The lowest BCUT2D eigenvalue weighted by atomic mass is 9.81. The molecule has 1 amide bonds. The summed E-state index contributed by atoms with van der Waals surface area (Å²) in [6.07, 6.45) is 7.00. The summed E-state index contributed by atoms with van der Waals surface area (Å²) < 4.78 is 0. The van der Waals surface area contributed by atoms with Crippen LogP contribution < -0.4 is 11.1 Å². The molecule has 1 saturated heterocycles. The van der Waals surface area contributed by atoms with Crippen molar-refractivity contribution in [2.75, 3.05) is 13.1 Å². The average Bonchev–Trinajstić information content (AvgIpc) is 2.59. The van der Waals surface area contributed by atoms with Crippen molar-refractivity contribution in [1.29, 1.82) is 0 Å². The molecule has 1 saturated carbocycles. The van der Waals surface area contributed by atoms with Gasteiger partial charge in [0.15, 0.2) is 0 Å². The number of halogens is 1. The van der Waals surface area contributed by atoms with E-state index < -0.39 is 5.54 Å². The second-order valence-corrected chi connectivity index (χ2v) is 7.80. The van der Waals surface area contributed by atoms with Crippen LogP contribution in [0.25, 0.3) is 0 Å². The van der Waals surface area contributed by atoms with Gasteiger partial charge in [-0.15, -0.1) is 0 Å². The number of hydrogen-bond donors (Lipinski definition) is 2.